The highest BCUT2D eigenvalue weighted by Gasteiger charge is 2.66. The molecule has 26 heavy (non-hydrogen) atoms. The van der Waals surface area contributed by atoms with Crippen LogP contribution < -0.4 is 0 Å². The SMILES string of the molecule is C=C(CO)[C@@]1(O)CC[C@@H]2[C@@H]3CCC4=CC(=O)CC[C@]4(C)[C@@H]3[C@@H](O)C[C@@]21C. The van der Waals surface area contributed by atoms with Gasteiger partial charge in [0.2, 0.25) is 0 Å². The first kappa shape index (κ1) is 18.4. The first-order valence-electron chi connectivity index (χ1n) is 10.1. The van der Waals surface area contributed by atoms with Crippen LogP contribution in [0.1, 0.15) is 58.8 Å². The van der Waals surface area contributed by atoms with E-state index in [2.05, 4.69) is 20.4 Å². The van der Waals surface area contributed by atoms with Crippen molar-refractivity contribution in [2.24, 2.45) is 28.6 Å². The summed E-state index contributed by atoms with van der Waals surface area (Å²) in [5.41, 5.74) is 0.0596. The molecule has 3 N–H and O–H groups in total. The van der Waals surface area contributed by atoms with Gasteiger partial charge < -0.3 is 15.3 Å². The Morgan fingerprint density at radius 3 is 2.69 bits per heavy atom. The van der Waals surface area contributed by atoms with Gasteiger partial charge in [-0.3, -0.25) is 4.79 Å². The van der Waals surface area contributed by atoms with E-state index in [1.54, 1.807) is 0 Å². The van der Waals surface area contributed by atoms with Gasteiger partial charge in [-0.15, -0.1) is 0 Å². The first-order chi connectivity index (χ1) is 12.2. The molecule has 0 saturated heterocycles. The van der Waals surface area contributed by atoms with E-state index in [0.29, 0.717) is 36.7 Å². The summed E-state index contributed by atoms with van der Waals surface area (Å²) in [4.78, 5) is 11.9. The molecule has 7 atom stereocenters. The molecule has 0 aromatic heterocycles. The lowest BCUT2D eigenvalue weighted by molar-refractivity contribution is -0.162. The van der Waals surface area contributed by atoms with Crippen LogP contribution in [0.4, 0.5) is 0 Å². The van der Waals surface area contributed by atoms with E-state index in [1.165, 1.54) is 5.57 Å². The summed E-state index contributed by atoms with van der Waals surface area (Å²) in [5, 5.41) is 32.3. The molecule has 0 amide bonds. The molecule has 0 aliphatic heterocycles. The normalized spacial score (nSPS) is 50.5. The zero-order chi connectivity index (χ0) is 18.9. The van der Waals surface area contributed by atoms with Crippen molar-refractivity contribution in [1.29, 1.82) is 0 Å². The van der Waals surface area contributed by atoms with Gasteiger partial charge in [0, 0.05) is 11.8 Å². The van der Waals surface area contributed by atoms with Crippen LogP contribution in [0.2, 0.25) is 0 Å². The molecule has 4 aliphatic carbocycles. The van der Waals surface area contributed by atoms with Crippen molar-refractivity contribution < 1.29 is 20.1 Å². The first-order valence-corrected chi connectivity index (χ1v) is 10.1. The van der Waals surface area contributed by atoms with Gasteiger partial charge >= 0.3 is 0 Å². The van der Waals surface area contributed by atoms with E-state index in [0.717, 1.165) is 25.7 Å². The molecule has 0 aromatic rings. The Labute approximate surface area is 156 Å². The highest BCUT2D eigenvalue weighted by Crippen LogP contribution is 2.68. The van der Waals surface area contributed by atoms with Crippen LogP contribution >= 0.6 is 0 Å². The molecular formula is C22H32O4. The molecule has 144 valence electrons. The van der Waals surface area contributed by atoms with Crippen molar-refractivity contribution in [1.82, 2.24) is 0 Å². The van der Waals surface area contributed by atoms with E-state index in [9.17, 15) is 20.1 Å². The van der Waals surface area contributed by atoms with E-state index in [4.69, 9.17) is 0 Å². The third-order valence-corrected chi connectivity index (χ3v) is 8.82. The highest BCUT2D eigenvalue weighted by atomic mass is 16.3. The lowest BCUT2D eigenvalue weighted by Crippen LogP contribution is -2.60. The minimum absolute atomic E-state index is 0.105. The fourth-order valence-corrected chi connectivity index (χ4v) is 7.40. The maximum absolute atomic E-state index is 11.9. The molecule has 0 heterocycles. The second-order valence-electron chi connectivity index (χ2n) is 9.74. The molecule has 4 nitrogen and oxygen atoms in total. The number of rotatable bonds is 2. The van der Waals surface area contributed by atoms with Crippen molar-refractivity contribution in [2.75, 3.05) is 6.61 Å². The smallest absolute Gasteiger partial charge is 0.155 e. The minimum Gasteiger partial charge on any atom is -0.393 e. The largest absolute Gasteiger partial charge is 0.393 e. The second-order valence-corrected chi connectivity index (χ2v) is 9.74. The molecule has 0 radical (unpaired) electrons. The number of carbonyl (C=O) groups excluding carboxylic acids is 1. The maximum Gasteiger partial charge on any atom is 0.155 e. The quantitative estimate of drug-likeness (QED) is 0.662. The molecule has 0 aromatic carbocycles. The van der Waals surface area contributed by atoms with Gasteiger partial charge in [0.15, 0.2) is 5.78 Å². The monoisotopic (exact) mass is 360 g/mol. The number of carbonyl (C=O) groups is 1. The number of aliphatic hydroxyl groups excluding tert-OH is 2. The lowest BCUT2D eigenvalue weighted by atomic mass is 9.45. The van der Waals surface area contributed by atoms with Crippen molar-refractivity contribution in [2.45, 2.75) is 70.5 Å². The van der Waals surface area contributed by atoms with Gasteiger partial charge in [0.05, 0.1) is 18.3 Å². The molecule has 0 unspecified atom stereocenters. The Kier molecular flexibility index (Phi) is 4.08. The summed E-state index contributed by atoms with van der Waals surface area (Å²) in [5.74, 6) is 1.04. The molecule has 3 saturated carbocycles. The molecule has 4 aliphatic rings. The summed E-state index contributed by atoms with van der Waals surface area (Å²) >= 11 is 0. The summed E-state index contributed by atoms with van der Waals surface area (Å²) in [7, 11) is 0. The van der Waals surface area contributed by atoms with Crippen LogP contribution in [0.5, 0.6) is 0 Å². The molecule has 4 rings (SSSR count). The fraction of sp³-hybridized carbons (Fsp3) is 0.773. The van der Waals surface area contributed by atoms with Crippen molar-refractivity contribution in [3.05, 3.63) is 23.8 Å². The highest BCUT2D eigenvalue weighted by molar-refractivity contribution is 5.91. The summed E-state index contributed by atoms with van der Waals surface area (Å²) in [6.07, 6.45) is 6.69. The zero-order valence-electron chi connectivity index (χ0n) is 16.0. The Hall–Kier alpha value is -0.970. The Bertz CT molecular complexity index is 682. The van der Waals surface area contributed by atoms with Crippen LogP contribution in [0.3, 0.4) is 0 Å². The molecule has 3 fully saturated rings. The number of hydrogen-bond acceptors (Lipinski definition) is 4. The molecular weight excluding hydrogens is 328 g/mol. The molecule has 0 bridgehead atoms. The van der Waals surface area contributed by atoms with Crippen LogP contribution in [-0.4, -0.2) is 39.4 Å². The topological polar surface area (TPSA) is 77.8 Å². The van der Waals surface area contributed by atoms with Crippen LogP contribution in [-0.2, 0) is 4.79 Å². The third kappa shape index (κ3) is 2.15. The predicted octanol–water partition coefficient (Wildman–Crippen LogP) is 2.77. The van der Waals surface area contributed by atoms with Gasteiger partial charge in [-0.25, -0.2) is 0 Å². The maximum atomic E-state index is 11.9. The van der Waals surface area contributed by atoms with Crippen LogP contribution in [0, 0.1) is 28.6 Å². The lowest BCUT2D eigenvalue weighted by Gasteiger charge is -2.61. The zero-order valence-corrected chi connectivity index (χ0v) is 16.0. The Morgan fingerprint density at radius 2 is 2.00 bits per heavy atom. The van der Waals surface area contributed by atoms with Crippen LogP contribution in [0.15, 0.2) is 23.8 Å². The number of aliphatic hydroxyl groups is 3. The van der Waals surface area contributed by atoms with Gasteiger partial charge in [-0.1, -0.05) is 26.0 Å². The van der Waals surface area contributed by atoms with Crippen LogP contribution in [0.25, 0.3) is 0 Å². The van der Waals surface area contributed by atoms with E-state index in [-0.39, 0.29) is 23.7 Å². The minimum atomic E-state index is -1.10. The summed E-state index contributed by atoms with van der Waals surface area (Å²) in [6, 6.07) is 0. The summed E-state index contributed by atoms with van der Waals surface area (Å²) < 4.78 is 0. The standard InChI is InChI=1S/C22H32O4/c1-13(12-23)22(26)9-7-17-16-5-4-14-10-15(24)6-8-20(14,2)19(16)18(25)11-21(17,22)3/h10,16-19,23,25-26H,1,4-9,11-12H2,2-3H3/t16-,17+,18-,19-,20-,21-,22-/m0/s1. The van der Waals surface area contributed by atoms with E-state index >= 15 is 0 Å². The number of hydrogen-bond donors (Lipinski definition) is 3. The fourth-order valence-electron chi connectivity index (χ4n) is 7.40. The van der Waals surface area contributed by atoms with Gasteiger partial charge in [-0.2, -0.15) is 0 Å². The van der Waals surface area contributed by atoms with Crippen molar-refractivity contribution >= 4 is 5.78 Å². The number of ketones is 1. The number of fused-ring (bicyclic) bond motifs is 5. The molecule has 0 spiro atoms. The Balaban J connectivity index is 1.74. The summed E-state index contributed by atoms with van der Waals surface area (Å²) in [6.45, 7) is 8.06. The molecule has 4 heteroatoms. The Morgan fingerprint density at radius 1 is 1.27 bits per heavy atom. The van der Waals surface area contributed by atoms with Gasteiger partial charge in [-0.05, 0) is 73.3 Å². The second kappa shape index (κ2) is 5.76. The van der Waals surface area contributed by atoms with E-state index < -0.39 is 17.1 Å². The van der Waals surface area contributed by atoms with Gasteiger partial charge in [0.1, 0.15) is 0 Å². The third-order valence-electron chi connectivity index (χ3n) is 8.82. The van der Waals surface area contributed by atoms with Crippen molar-refractivity contribution in [3.63, 3.8) is 0 Å². The average molecular weight is 360 g/mol. The van der Waals surface area contributed by atoms with Gasteiger partial charge in [0.25, 0.3) is 0 Å². The van der Waals surface area contributed by atoms with E-state index in [1.807, 2.05) is 6.08 Å². The van der Waals surface area contributed by atoms with Crippen molar-refractivity contribution in [3.8, 4) is 0 Å². The average Bonchev–Trinajstić information content (AvgIpc) is 2.86. The number of allylic oxidation sites excluding steroid dienone is 1. The predicted molar refractivity (Wildman–Crippen MR) is 99.3 cm³/mol.